The highest BCUT2D eigenvalue weighted by atomic mass is 15.4. The van der Waals surface area contributed by atoms with Crippen molar-refractivity contribution in [1.82, 2.24) is 14.8 Å². The fourth-order valence-corrected chi connectivity index (χ4v) is 4.10. The maximum atomic E-state index is 4.97. The Balaban J connectivity index is 1.62. The van der Waals surface area contributed by atoms with Crippen molar-refractivity contribution in [3.63, 3.8) is 0 Å². The lowest BCUT2D eigenvalue weighted by atomic mass is 10.1. The summed E-state index contributed by atoms with van der Waals surface area (Å²) in [6, 6.07) is 21.5. The zero-order chi connectivity index (χ0) is 17.5. The molecule has 1 aromatic heterocycles. The maximum absolute atomic E-state index is 4.97. The molecule has 4 heteroatoms. The minimum atomic E-state index is -0.0474. The lowest BCUT2D eigenvalue weighted by Crippen LogP contribution is -2.35. The Kier molecular flexibility index (Phi) is 3.64. The fraction of sp³-hybridized carbons (Fsp3) is 0.227. The maximum Gasteiger partial charge on any atom is 0.203 e. The van der Waals surface area contributed by atoms with Crippen LogP contribution >= 0.6 is 0 Å². The van der Waals surface area contributed by atoms with Crippen LogP contribution in [-0.2, 0) is 6.54 Å². The SMILES string of the molecule is Cc1cc2ccccc2n1C1N=CC2=C(CNC2)N1Cc1ccccc1. The Morgan fingerprint density at radius 2 is 1.85 bits per heavy atom. The zero-order valence-electron chi connectivity index (χ0n) is 14.9. The fourth-order valence-electron chi connectivity index (χ4n) is 4.10. The first-order valence-electron chi connectivity index (χ1n) is 9.14. The van der Waals surface area contributed by atoms with E-state index in [2.05, 4.69) is 88.6 Å². The van der Waals surface area contributed by atoms with Gasteiger partial charge in [0.15, 0.2) is 0 Å². The molecule has 2 aliphatic rings. The molecule has 0 radical (unpaired) electrons. The third kappa shape index (κ3) is 2.45. The van der Waals surface area contributed by atoms with Gasteiger partial charge in [-0.05, 0) is 30.0 Å². The minimum Gasteiger partial charge on any atom is -0.330 e. The van der Waals surface area contributed by atoms with Crippen molar-refractivity contribution >= 4 is 17.1 Å². The van der Waals surface area contributed by atoms with Crippen LogP contribution in [0.2, 0.25) is 0 Å². The normalized spacial score (nSPS) is 19.4. The summed E-state index contributed by atoms with van der Waals surface area (Å²) < 4.78 is 2.36. The predicted molar refractivity (Wildman–Crippen MR) is 106 cm³/mol. The van der Waals surface area contributed by atoms with Gasteiger partial charge in [-0.3, -0.25) is 0 Å². The second-order valence-electron chi connectivity index (χ2n) is 7.03. The molecule has 0 saturated heterocycles. The number of para-hydroxylation sites is 1. The minimum absolute atomic E-state index is 0.0474. The van der Waals surface area contributed by atoms with Crippen molar-refractivity contribution in [2.75, 3.05) is 13.1 Å². The second kappa shape index (κ2) is 6.15. The number of aromatic nitrogens is 1. The van der Waals surface area contributed by atoms with Crippen LogP contribution in [0.5, 0.6) is 0 Å². The Hall–Kier alpha value is -2.85. The van der Waals surface area contributed by atoms with E-state index < -0.39 is 0 Å². The van der Waals surface area contributed by atoms with E-state index in [1.165, 1.54) is 33.4 Å². The molecule has 1 N–H and O–H groups in total. The van der Waals surface area contributed by atoms with E-state index >= 15 is 0 Å². The third-order valence-electron chi connectivity index (χ3n) is 5.34. The number of hydrogen-bond acceptors (Lipinski definition) is 3. The molecule has 130 valence electrons. The highest BCUT2D eigenvalue weighted by Gasteiger charge is 2.30. The summed E-state index contributed by atoms with van der Waals surface area (Å²) in [5.41, 5.74) is 6.46. The van der Waals surface area contributed by atoms with Crippen LogP contribution in [0.3, 0.4) is 0 Å². The topological polar surface area (TPSA) is 32.6 Å². The number of hydrogen-bond donors (Lipinski definition) is 1. The monoisotopic (exact) mass is 342 g/mol. The van der Waals surface area contributed by atoms with Gasteiger partial charge in [-0.2, -0.15) is 0 Å². The summed E-state index contributed by atoms with van der Waals surface area (Å²) in [5.74, 6) is 0. The van der Waals surface area contributed by atoms with Gasteiger partial charge >= 0.3 is 0 Å². The quantitative estimate of drug-likeness (QED) is 0.784. The van der Waals surface area contributed by atoms with Crippen molar-refractivity contribution in [3.8, 4) is 0 Å². The molecular formula is C22H22N4. The highest BCUT2D eigenvalue weighted by molar-refractivity contribution is 5.84. The molecule has 3 heterocycles. The highest BCUT2D eigenvalue weighted by Crippen LogP contribution is 2.34. The number of nitrogens with zero attached hydrogens (tertiary/aromatic N) is 3. The average molecular weight is 342 g/mol. The third-order valence-corrected chi connectivity index (χ3v) is 5.34. The van der Waals surface area contributed by atoms with Gasteiger partial charge in [-0.15, -0.1) is 0 Å². The molecule has 0 saturated carbocycles. The number of aliphatic imine (C=N–C) groups is 1. The lowest BCUT2D eigenvalue weighted by Gasteiger charge is -2.36. The molecule has 2 aliphatic heterocycles. The molecule has 2 aromatic carbocycles. The predicted octanol–water partition coefficient (Wildman–Crippen LogP) is 3.85. The van der Waals surface area contributed by atoms with E-state index in [-0.39, 0.29) is 6.29 Å². The van der Waals surface area contributed by atoms with Crippen LogP contribution in [0.1, 0.15) is 17.5 Å². The molecule has 0 amide bonds. The summed E-state index contributed by atoms with van der Waals surface area (Å²) in [5, 5.41) is 4.75. The number of benzene rings is 2. The summed E-state index contributed by atoms with van der Waals surface area (Å²) in [4.78, 5) is 7.42. The first-order valence-corrected chi connectivity index (χ1v) is 9.14. The van der Waals surface area contributed by atoms with Gasteiger partial charge in [0.1, 0.15) is 0 Å². The first-order chi connectivity index (χ1) is 12.8. The molecule has 5 rings (SSSR count). The van der Waals surface area contributed by atoms with Crippen molar-refractivity contribution in [3.05, 3.63) is 83.2 Å². The van der Waals surface area contributed by atoms with E-state index in [0.717, 1.165) is 19.6 Å². The molecule has 0 fully saturated rings. The molecular weight excluding hydrogens is 320 g/mol. The zero-order valence-corrected chi connectivity index (χ0v) is 14.9. The van der Waals surface area contributed by atoms with Crippen LogP contribution in [0.4, 0.5) is 0 Å². The van der Waals surface area contributed by atoms with Gasteiger partial charge in [0.25, 0.3) is 0 Å². The van der Waals surface area contributed by atoms with Gasteiger partial charge in [-0.1, -0.05) is 48.5 Å². The molecule has 3 aromatic rings. The Morgan fingerprint density at radius 1 is 1.04 bits per heavy atom. The molecule has 0 bridgehead atoms. The second-order valence-corrected chi connectivity index (χ2v) is 7.03. The molecule has 1 atom stereocenters. The summed E-state index contributed by atoms with van der Waals surface area (Å²) in [6.45, 7) is 4.84. The smallest absolute Gasteiger partial charge is 0.203 e. The Bertz CT molecular complexity index is 1010. The first kappa shape index (κ1) is 15.4. The number of rotatable bonds is 3. The van der Waals surface area contributed by atoms with E-state index in [4.69, 9.17) is 4.99 Å². The summed E-state index contributed by atoms with van der Waals surface area (Å²) in [6.07, 6.45) is 2.02. The van der Waals surface area contributed by atoms with E-state index in [0.29, 0.717) is 0 Å². The van der Waals surface area contributed by atoms with Crippen LogP contribution in [0.25, 0.3) is 10.9 Å². The molecule has 0 aliphatic carbocycles. The van der Waals surface area contributed by atoms with Gasteiger partial charge < -0.3 is 14.8 Å². The van der Waals surface area contributed by atoms with E-state index in [1.807, 2.05) is 0 Å². The lowest BCUT2D eigenvalue weighted by molar-refractivity contribution is 0.183. The number of nitrogens with one attached hydrogen (secondary N) is 1. The summed E-state index contributed by atoms with van der Waals surface area (Å²) >= 11 is 0. The Labute approximate surface area is 153 Å². The average Bonchev–Trinajstić information content (AvgIpc) is 3.27. The van der Waals surface area contributed by atoms with Crippen molar-refractivity contribution in [1.29, 1.82) is 0 Å². The van der Waals surface area contributed by atoms with Gasteiger partial charge in [0.05, 0.1) is 5.52 Å². The van der Waals surface area contributed by atoms with Gasteiger partial charge in [0, 0.05) is 42.8 Å². The van der Waals surface area contributed by atoms with Crippen molar-refractivity contribution in [2.45, 2.75) is 19.8 Å². The molecule has 26 heavy (non-hydrogen) atoms. The molecule has 0 spiro atoms. The van der Waals surface area contributed by atoms with Crippen LogP contribution < -0.4 is 5.32 Å². The molecule has 4 nitrogen and oxygen atoms in total. The summed E-state index contributed by atoms with van der Waals surface area (Å²) in [7, 11) is 0. The van der Waals surface area contributed by atoms with Crippen LogP contribution in [0, 0.1) is 6.92 Å². The van der Waals surface area contributed by atoms with Crippen LogP contribution in [-0.4, -0.2) is 28.8 Å². The van der Waals surface area contributed by atoms with Gasteiger partial charge in [0.2, 0.25) is 6.29 Å². The van der Waals surface area contributed by atoms with E-state index in [1.54, 1.807) is 0 Å². The van der Waals surface area contributed by atoms with Crippen molar-refractivity contribution < 1.29 is 0 Å². The Morgan fingerprint density at radius 3 is 2.73 bits per heavy atom. The van der Waals surface area contributed by atoms with E-state index in [9.17, 15) is 0 Å². The largest absolute Gasteiger partial charge is 0.330 e. The van der Waals surface area contributed by atoms with Gasteiger partial charge in [-0.25, -0.2) is 4.99 Å². The van der Waals surface area contributed by atoms with Crippen LogP contribution in [0.15, 0.2) is 76.9 Å². The standard InChI is InChI=1S/C22H22N4/c1-16-11-18-9-5-6-10-20(18)26(16)22-24-13-19-12-23-14-21(19)25(22)15-17-7-3-2-4-8-17/h2-11,13,22-23H,12,14-15H2,1H3. The number of fused-ring (bicyclic) bond motifs is 1. The number of aryl methyl sites for hydroxylation is 1. The molecule has 1 unspecified atom stereocenters. The van der Waals surface area contributed by atoms with Crippen molar-refractivity contribution in [2.24, 2.45) is 4.99 Å².